The molecule has 4 aromatic rings. The van der Waals surface area contributed by atoms with Crippen molar-refractivity contribution >= 4 is 63.8 Å². The maximum Gasteiger partial charge on any atom is 0.305 e. The maximum atomic E-state index is 14.0. The first-order valence-electron chi connectivity index (χ1n) is 16.0. The molecule has 3 heterocycles. The van der Waals surface area contributed by atoms with Gasteiger partial charge in [-0.15, -0.1) is 11.8 Å². The highest BCUT2D eigenvalue weighted by atomic mass is 35.5. The molecule has 0 spiro atoms. The van der Waals surface area contributed by atoms with Crippen LogP contribution in [0.5, 0.6) is 11.5 Å². The van der Waals surface area contributed by atoms with Gasteiger partial charge in [0.05, 0.1) is 29.2 Å². The molecule has 2 saturated carbocycles. The molecule has 2 bridgehead atoms. The van der Waals surface area contributed by atoms with Gasteiger partial charge in [-0.3, -0.25) is 24.1 Å². The number of carbonyl (C=O) groups excluding carboxylic acids is 3. The summed E-state index contributed by atoms with van der Waals surface area (Å²) in [5.41, 5.74) is 3.27. The quantitative estimate of drug-likeness (QED) is 0.202. The minimum atomic E-state index is -0.416. The monoisotopic (exact) mass is 701 g/mol. The van der Waals surface area contributed by atoms with Gasteiger partial charge >= 0.3 is 4.87 Å². The lowest BCUT2D eigenvalue weighted by molar-refractivity contribution is -0.123. The summed E-state index contributed by atoms with van der Waals surface area (Å²) < 4.78 is 12.0. The van der Waals surface area contributed by atoms with Crippen molar-refractivity contribution in [2.45, 2.75) is 36.5 Å². The third-order valence-electron chi connectivity index (χ3n) is 10.1. The number of hydrogen-bond acceptors (Lipinski definition) is 8. The van der Waals surface area contributed by atoms with Gasteiger partial charge in [0.15, 0.2) is 18.1 Å². The summed E-state index contributed by atoms with van der Waals surface area (Å²) in [5, 5.41) is 4.27. The number of aryl methyl sites for hydroxylation is 1. The first-order valence-corrected chi connectivity index (χ1v) is 18.1. The van der Waals surface area contributed by atoms with Crippen LogP contribution in [0, 0.1) is 36.5 Å². The number of halogens is 1. The molecule has 8 rings (SSSR count). The zero-order valence-corrected chi connectivity index (χ0v) is 28.5. The van der Waals surface area contributed by atoms with Crippen LogP contribution in [0.25, 0.3) is 0 Å². The molecule has 3 aromatic carbocycles. The highest BCUT2D eigenvalue weighted by Gasteiger charge is 2.69. The van der Waals surface area contributed by atoms with Gasteiger partial charge in [-0.1, -0.05) is 46.7 Å². The van der Waals surface area contributed by atoms with E-state index in [-0.39, 0.29) is 64.0 Å². The Balaban J connectivity index is 1.10. The van der Waals surface area contributed by atoms with Crippen LogP contribution >= 0.6 is 34.7 Å². The van der Waals surface area contributed by atoms with E-state index in [1.807, 2.05) is 56.3 Å². The second kappa shape index (κ2) is 12.1. The average Bonchev–Trinajstić information content (AvgIpc) is 3.81. The number of nitrogens with zero attached hydrogens (tertiary/aromatic N) is 1. The van der Waals surface area contributed by atoms with E-state index in [1.54, 1.807) is 36.0 Å². The van der Waals surface area contributed by atoms with Crippen molar-refractivity contribution in [2.75, 3.05) is 23.4 Å². The Hall–Kier alpha value is -4.06. The lowest BCUT2D eigenvalue weighted by Crippen LogP contribution is -2.42. The number of thioether (sulfide) groups is 1. The molecule has 2 N–H and O–H groups in total. The van der Waals surface area contributed by atoms with Gasteiger partial charge in [-0.05, 0) is 92.1 Å². The van der Waals surface area contributed by atoms with Crippen LogP contribution < -0.4 is 24.6 Å². The number of rotatable bonds is 8. The van der Waals surface area contributed by atoms with E-state index in [4.69, 9.17) is 21.1 Å². The lowest BCUT2D eigenvalue weighted by atomic mass is 9.68. The van der Waals surface area contributed by atoms with Crippen molar-refractivity contribution in [1.82, 2.24) is 4.98 Å². The lowest BCUT2D eigenvalue weighted by Gasteiger charge is -2.43. The first-order chi connectivity index (χ1) is 23.2. The number of carbonyl (C=O) groups is 3. The van der Waals surface area contributed by atoms with Crippen molar-refractivity contribution < 1.29 is 23.9 Å². The highest BCUT2D eigenvalue weighted by molar-refractivity contribution is 8.00. The van der Waals surface area contributed by atoms with Crippen LogP contribution in [-0.4, -0.2) is 41.2 Å². The summed E-state index contributed by atoms with van der Waals surface area (Å²) in [6.45, 7) is 4.05. The fourth-order valence-corrected chi connectivity index (χ4v) is 11.3. The molecule has 4 aliphatic rings. The van der Waals surface area contributed by atoms with Gasteiger partial charge in [0.25, 0.3) is 5.91 Å². The van der Waals surface area contributed by atoms with Gasteiger partial charge < -0.3 is 19.8 Å². The van der Waals surface area contributed by atoms with Crippen molar-refractivity contribution in [3.63, 3.8) is 0 Å². The molecule has 2 aliphatic heterocycles. The third kappa shape index (κ3) is 5.14. The molecular formula is C36H32ClN3O6S2. The summed E-state index contributed by atoms with van der Waals surface area (Å²) in [6.07, 6.45) is 0.787. The number of nitrogens with one attached hydrogen (secondary N) is 2. The second-order valence-corrected chi connectivity index (χ2v) is 15.4. The SMILES string of the molecule is CCOc1cc([C@H]2c3sc(=O)[nH]c3SC3C4CC(C5C(=O)N(c6ccc(Cl)cc6)C(=O)C45)C32)ccc1OCC(=O)Nc1ccc(C)cc1. The van der Waals surface area contributed by atoms with Crippen molar-refractivity contribution in [3.05, 3.63) is 97.4 Å². The molecule has 2 aliphatic carbocycles. The molecule has 3 fully saturated rings. The summed E-state index contributed by atoms with van der Waals surface area (Å²) in [5.74, 6) is -0.640. The molecule has 3 amide bonds. The van der Waals surface area contributed by atoms with Crippen molar-refractivity contribution in [3.8, 4) is 11.5 Å². The zero-order valence-electron chi connectivity index (χ0n) is 26.1. The summed E-state index contributed by atoms with van der Waals surface area (Å²) in [7, 11) is 0. The van der Waals surface area contributed by atoms with Crippen LogP contribution in [0.3, 0.4) is 0 Å². The number of fused-ring (bicyclic) bond motifs is 9. The fourth-order valence-electron chi connectivity index (χ4n) is 8.32. The van der Waals surface area contributed by atoms with E-state index >= 15 is 0 Å². The van der Waals surface area contributed by atoms with E-state index in [1.165, 1.54) is 16.2 Å². The Bertz CT molecular complexity index is 1990. The summed E-state index contributed by atoms with van der Waals surface area (Å²) in [4.78, 5) is 58.5. The predicted molar refractivity (Wildman–Crippen MR) is 185 cm³/mol. The maximum absolute atomic E-state index is 14.0. The Morgan fingerprint density at radius 3 is 2.42 bits per heavy atom. The Morgan fingerprint density at radius 2 is 1.69 bits per heavy atom. The number of benzene rings is 3. The van der Waals surface area contributed by atoms with Crippen molar-refractivity contribution in [1.29, 1.82) is 0 Å². The molecule has 0 radical (unpaired) electrons. The number of hydrogen-bond donors (Lipinski definition) is 2. The van der Waals surface area contributed by atoms with E-state index in [0.717, 1.165) is 27.5 Å². The van der Waals surface area contributed by atoms with Crippen LogP contribution in [-0.2, 0) is 14.4 Å². The fraction of sp³-hybridized carbons (Fsp3) is 0.333. The second-order valence-electron chi connectivity index (χ2n) is 12.8. The number of thiazole rings is 1. The van der Waals surface area contributed by atoms with Crippen LogP contribution in [0.2, 0.25) is 5.02 Å². The molecule has 1 saturated heterocycles. The number of aromatic amines is 1. The number of H-pyrrole nitrogens is 1. The first kappa shape index (κ1) is 31.2. The number of amides is 3. The van der Waals surface area contributed by atoms with Crippen molar-refractivity contribution in [2.24, 2.45) is 29.6 Å². The Labute approximate surface area is 290 Å². The van der Waals surface area contributed by atoms with Gasteiger partial charge in [-0.2, -0.15) is 0 Å². The van der Waals surface area contributed by atoms with Crippen LogP contribution in [0.15, 0.2) is 76.6 Å². The van der Waals surface area contributed by atoms with Gasteiger partial charge in [0.2, 0.25) is 11.8 Å². The topological polar surface area (TPSA) is 118 Å². The highest BCUT2D eigenvalue weighted by Crippen LogP contribution is 2.68. The molecule has 9 nitrogen and oxygen atoms in total. The minimum absolute atomic E-state index is 0.00353. The largest absolute Gasteiger partial charge is 0.490 e. The minimum Gasteiger partial charge on any atom is -0.490 e. The van der Waals surface area contributed by atoms with E-state index < -0.39 is 5.92 Å². The number of aromatic nitrogens is 1. The van der Waals surface area contributed by atoms with Gasteiger partial charge in [-0.25, -0.2) is 0 Å². The molecule has 246 valence electrons. The predicted octanol–water partition coefficient (Wildman–Crippen LogP) is 6.49. The number of anilines is 2. The molecule has 7 atom stereocenters. The molecular weight excluding hydrogens is 670 g/mol. The van der Waals surface area contributed by atoms with E-state index in [2.05, 4.69) is 10.3 Å². The van der Waals surface area contributed by atoms with Gasteiger partial charge in [0.1, 0.15) is 0 Å². The average molecular weight is 702 g/mol. The van der Waals surface area contributed by atoms with E-state index in [9.17, 15) is 19.2 Å². The van der Waals surface area contributed by atoms with Crippen LogP contribution in [0.4, 0.5) is 11.4 Å². The molecule has 6 unspecified atom stereocenters. The number of imide groups is 1. The van der Waals surface area contributed by atoms with E-state index in [0.29, 0.717) is 34.5 Å². The normalized spacial score (nSPS) is 26.6. The molecule has 48 heavy (non-hydrogen) atoms. The van der Waals surface area contributed by atoms with Gasteiger partial charge in [0, 0.05) is 26.8 Å². The Kier molecular flexibility index (Phi) is 7.88. The summed E-state index contributed by atoms with van der Waals surface area (Å²) >= 11 is 8.95. The molecule has 1 aromatic heterocycles. The molecule has 12 heteroatoms. The summed E-state index contributed by atoms with van der Waals surface area (Å²) in [6, 6.07) is 20.1. The zero-order chi connectivity index (χ0) is 33.3. The standard InChI is InChI=1S/C36H32ClN3O6S2/c1-3-45-25-14-18(6-13-24(25)46-16-26(41)38-20-9-4-17(2)5-10-20)27-28-22-15-23(31(28)47-33-32(27)48-36(44)39-33)30-29(22)34(42)40(35(30)43)21-11-7-19(37)8-12-21/h4-14,22-23,27-31H,3,15-16H2,1-2H3,(H,38,41)(H,39,44)/t22?,23?,27-,28?,29?,30?,31?/m1/s1. The third-order valence-corrected chi connectivity index (χ3v) is 13.0. The Morgan fingerprint density at radius 1 is 0.958 bits per heavy atom. The number of ether oxygens (including phenoxy) is 2. The van der Waals surface area contributed by atoms with Crippen LogP contribution in [0.1, 0.15) is 35.3 Å². The smallest absolute Gasteiger partial charge is 0.305 e.